The minimum atomic E-state index is -0.0765. The van der Waals surface area contributed by atoms with Crippen LogP contribution < -0.4 is 10.9 Å². The quantitative estimate of drug-likeness (QED) is 0.616. The number of fused-ring (bicyclic) bond motifs is 1. The molecule has 25 heavy (non-hydrogen) atoms. The molecule has 0 amide bonds. The zero-order valence-electron chi connectivity index (χ0n) is 13.6. The third kappa shape index (κ3) is 3.02. The van der Waals surface area contributed by atoms with E-state index >= 15 is 0 Å². The van der Waals surface area contributed by atoms with Gasteiger partial charge in [0.25, 0.3) is 5.56 Å². The number of anilines is 1. The van der Waals surface area contributed by atoms with Gasteiger partial charge in [0.15, 0.2) is 0 Å². The molecule has 0 radical (unpaired) electrons. The Bertz CT molecular complexity index is 1060. The second-order valence-electron chi connectivity index (χ2n) is 5.77. The van der Waals surface area contributed by atoms with Crippen LogP contribution in [0.5, 0.6) is 0 Å². The van der Waals surface area contributed by atoms with E-state index in [1.807, 2.05) is 84.9 Å². The lowest BCUT2D eigenvalue weighted by atomic mass is 10.2. The van der Waals surface area contributed by atoms with E-state index < -0.39 is 0 Å². The van der Waals surface area contributed by atoms with Gasteiger partial charge in [-0.25, -0.2) is 9.55 Å². The summed E-state index contributed by atoms with van der Waals surface area (Å²) in [7, 11) is 0. The Kier molecular flexibility index (Phi) is 4.01. The molecule has 0 aliphatic heterocycles. The van der Waals surface area contributed by atoms with E-state index in [4.69, 9.17) is 0 Å². The molecule has 0 unspecified atom stereocenters. The molecular weight excluding hydrogens is 310 g/mol. The molecule has 122 valence electrons. The molecule has 0 bridgehead atoms. The number of rotatable bonds is 4. The molecule has 0 atom stereocenters. The predicted molar refractivity (Wildman–Crippen MR) is 101 cm³/mol. The van der Waals surface area contributed by atoms with Crippen LogP contribution >= 0.6 is 0 Å². The van der Waals surface area contributed by atoms with Gasteiger partial charge in [0.2, 0.25) is 5.95 Å². The van der Waals surface area contributed by atoms with Gasteiger partial charge < -0.3 is 5.32 Å². The third-order valence-electron chi connectivity index (χ3n) is 4.08. The summed E-state index contributed by atoms with van der Waals surface area (Å²) in [6.07, 6.45) is 0. The van der Waals surface area contributed by atoms with Crippen molar-refractivity contribution < 1.29 is 0 Å². The van der Waals surface area contributed by atoms with E-state index in [1.165, 1.54) is 0 Å². The molecule has 4 nitrogen and oxygen atoms in total. The van der Waals surface area contributed by atoms with Crippen LogP contribution in [0.4, 0.5) is 5.95 Å². The highest BCUT2D eigenvalue weighted by Crippen LogP contribution is 2.16. The van der Waals surface area contributed by atoms with Crippen LogP contribution in [-0.4, -0.2) is 9.55 Å². The van der Waals surface area contributed by atoms with Crippen LogP contribution in [0.3, 0.4) is 0 Å². The molecule has 0 fully saturated rings. The summed E-state index contributed by atoms with van der Waals surface area (Å²) in [6.45, 7) is 0.596. The molecule has 1 N–H and O–H groups in total. The molecule has 0 aliphatic rings. The predicted octanol–water partition coefficient (Wildman–Crippen LogP) is 4.00. The van der Waals surface area contributed by atoms with Crippen LogP contribution in [0.1, 0.15) is 5.56 Å². The lowest BCUT2D eigenvalue weighted by Gasteiger charge is -2.15. The van der Waals surface area contributed by atoms with Crippen molar-refractivity contribution in [3.63, 3.8) is 0 Å². The molecule has 0 spiro atoms. The number of benzene rings is 3. The normalized spacial score (nSPS) is 10.7. The fourth-order valence-corrected chi connectivity index (χ4v) is 2.84. The number of aromatic nitrogens is 2. The van der Waals surface area contributed by atoms with Crippen molar-refractivity contribution in [1.29, 1.82) is 0 Å². The Hall–Kier alpha value is -3.40. The van der Waals surface area contributed by atoms with Crippen LogP contribution in [-0.2, 0) is 6.54 Å². The van der Waals surface area contributed by atoms with Gasteiger partial charge in [0.05, 0.1) is 16.6 Å². The smallest absolute Gasteiger partial charge is 0.267 e. The number of nitrogens with zero attached hydrogens (tertiary/aromatic N) is 2. The van der Waals surface area contributed by atoms with Crippen molar-refractivity contribution in [2.45, 2.75) is 6.54 Å². The first kappa shape index (κ1) is 15.1. The summed E-state index contributed by atoms with van der Waals surface area (Å²) in [5, 5.41) is 3.92. The third-order valence-corrected chi connectivity index (χ3v) is 4.08. The SMILES string of the molecule is O=c1c2ccccc2nc(NCc2ccccc2)n1-c1ccccc1. The van der Waals surface area contributed by atoms with Gasteiger partial charge in [-0.15, -0.1) is 0 Å². The van der Waals surface area contributed by atoms with Crippen LogP contribution in [0.25, 0.3) is 16.6 Å². The zero-order valence-corrected chi connectivity index (χ0v) is 13.6. The molecule has 4 aromatic rings. The average molecular weight is 327 g/mol. The monoisotopic (exact) mass is 327 g/mol. The molecule has 0 aliphatic carbocycles. The highest BCUT2D eigenvalue weighted by molar-refractivity contribution is 5.79. The van der Waals surface area contributed by atoms with Crippen LogP contribution in [0, 0.1) is 0 Å². The summed E-state index contributed by atoms with van der Waals surface area (Å²) in [5.41, 5.74) is 2.54. The van der Waals surface area contributed by atoms with Gasteiger partial charge >= 0.3 is 0 Å². The van der Waals surface area contributed by atoms with Gasteiger partial charge in [0, 0.05) is 6.54 Å². The molecule has 4 rings (SSSR count). The van der Waals surface area contributed by atoms with Crippen molar-refractivity contribution in [1.82, 2.24) is 9.55 Å². The Morgan fingerprint density at radius 3 is 2.20 bits per heavy atom. The lowest BCUT2D eigenvalue weighted by molar-refractivity contribution is 0.938. The molecule has 1 aromatic heterocycles. The molecular formula is C21H17N3O. The minimum Gasteiger partial charge on any atom is -0.351 e. The Balaban J connectivity index is 1.85. The second-order valence-corrected chi connectivity index (χ2v) is 5.77. The average Bonchev–Trinajstić information content (AvgIpc) is 2.68. The van der Waals surface area contributed by atoms with Crippen molar-refractivity contribution in [2.24, 2.45) is 0 Å². The molecule has 3 aromatic carbocycles. The second kappa shape index (κ2) is 6.61. The van der Waals surface area contributed by atoms with Crippen molar-refractivity contribution in [3.8, 4) is 5.69 Å². The molecule has 1 heterocycles. The van der Waals surface area contributed by atoms with Gasteiger partial charge in [0.1, 0.15) is 0 Å². The van der Waals surface area contributed by atoms with E-state index in [1.54, 1.807) is 4.57 Å². The lowest BCUT2D eigenvalue weighted by Crippen LogP contribution is -2.23. The Morgan fingerprint density at radius 2 is 1.44 bits per heavy atom. The number of hydrogen-bond acceptors (Lipinski definition) is 3. The highest BCUT2D eigenvalue weighted by atomic mass is 16.1. The number of para-hydroxylation sites is 2. The van der Waals surface area contributed by atoms with E-state index in [-0.39, 0.29) is 5.56 Å². The van der Waals surface area contributed by atoms with Crippen molar-refractivity contribution in [3.05, 3.63) is 101 Å². The maximum Gasteiger partial charge on any atom is 0.267 e. The number of nitrogens with one attached hydrogen (secondary N) is 1. The van der Waals surface area contributed by atoms with Gasteiger partial charge in [-0.1, -0.05) is 60.7 Å². The first-order chi connectivity index (χ1) is 12.3. The maximum absolute atomic E-state index is 13.0. The molecule has 0 saturated carbocycles. The highest BCUT2D eigenvalue weighted by Gasteiger charge is 2.12. The van der Waals surface area contributed by atoms with Crippen LogP contribution in [0.15, 0.2) is 89.7 Å². The standard InChI is InChI=1S/C21H17N3O/c25-20-18-13-7-8-14-19(18)23-21(22-15-16-9-3-1-4-10-16)24(20)17-11-5-2-6-12-17/h1-14H,15H2,(H,22,23). The summed E-state index contributed by atoms with van der Waals surface area (Å²) in [5.74, 6) is 0.541. The van der Waals surface area contributed by atoms with Gasteiger partial charge in [-0.3, -0.25) is 4.79 Å². The van der Waals surface area contributed by atoms with Crippen molar-refractivity contribution >= 4 is 16.9 Å². The summed E-state index contributed by atoms with van der Waals surface area (Å²) < 4.78 is 1.63. The van der Waals surface area contributed by atoms with Gasteiger partial charge in [-0.2, -0.15) is 0 Å². The maximum atomic E-state index is 13.0. The Labute approximate surface area is 145 Å². The van der Waals surface area contributed by atoms with E-state index in [0.717, 1.165) is 11.3 Å². The first-order valence-corrected chi connectivity index (χ1v) is 8.18. The molecule has 4 heteroatoms. The van der Waals surface area contributed by atoms with Crippen LogP contribution in [0.2, 0.25) is 0 Å². The minimum absolute atomic E-state index is 0.0765. The molecule has 0 saturated heterocycles. The van der Waals surface area contributed by atoms with E-state index in [0.29, 0.717) is 23.4 Å². The Morgan fingerprint density at radius 1 is 0.800 bits per heavy atom. The summed E-state index contributed by atoms with van der Waals surface area (Å²) in [4.78, 5) is 17.7. The topological polar surface area (TPSA) is 46.9 Å². The number of hydrogen-bond donors (Lipinski definition) is 1. The van der Waals surface area contributed by atoms with Crippen molar-refractivity contribution in [2.75, 3.05) is 5.32 Å². The van der Waals surface area contributed by atoms with Gasteiger partial charge in [-0.05, 0) is 29.8 Å². The summed E-state index contributed by atoms with van der Waals surface area (Å²) >= 11 is 0. The fraction of sp³-hybridized carbons (Fsp3) is 0.0476. The van der Waals surface area contributed by atoms with E-state index in [2.05, 4.69) is 10.3 Å². The first-order valence-electron chi connectivity index (χ1n) is 8.18. The largest absolute Gasteiger partial charge is 0.351 e. The zero-order chi connectivity index (χ0) is 17.1. The fourth-order valence-electron chi connectivity index (χ4n) is 2.84. The van der Waals surface area contributed by atoms with E-state index in [9.17, 15) is 4.79 Å². The summed E-state index contributed by atoms with van der Waals surface area (Å²) in [6, 6.07) is 27.1.